The second kappa shape index (κ2) is 4.71. The van der Waals surface area contributed by atoms with Gasteiger partial charge in [0.2, 0.25) is 0 Å². The molecule has 4 nitrogen and oxygen atoms in total. The Morgan fingerprint density at radius 2 is 2.33 bits per heavy atom. The van der Waals surface area contributed by atoms with E-state index in [0.717, 1.165) is 41.2 Å². The second-order valence-electron chi connectivity index (χ2n) is 4.39. The Bertz CT molecular complexity index is 623. The first-order valence-electron chi connectivity index (χ1n) is 5.99. The first-order valence-corrected chi connectivity index (χ1v) is 6.78. The van der Waals surface area contributed by atoms with E-state index in [1.807, 2.05) is 22.9 Å². The highest BCUT2D eigenvalue weighted by Crippen LogP contribution is 2.29. The third-order valence-corrected chi connectivity index (χ3v) is 3.70. The molecule has 1 aliphatic rings. The third kappa shape index (κ3) is 1.92. The standard InChI is InChI=1S/C13H12BrN3O/c14-9-4-5-10-11(8-15)16-17(12(10)7-9)13-3-1-2-6-18-13/h4-5,7,13H,1-3,6H2. The van der Waals surface area contributed by atoms with Crippen LogP contribution in [0.5, 0.6) is 0 Å². The van der Waals surface area contributed by atoms with Gasteiger partial charge < -0.3 is 4.74 Å². The Hall–Kier alpha value is -1.38. The quantitative estimate of drug-likeness (QED) is 0.811. The van der Waals surface area contributed by atoms with Crippen LogP contribution in [0, 0.1) is 11.3 Å². The maximum absolute atomic E-state index is 9.14. The number of halogens is 1. The average molecular weight is 306 g/mol. The molecule has 0 saturated carbocycles. The van der Waals surface area contributed by atoms with Crippen molar-refractivity contribution in [2.24, 2.45) is 0 Å². The summed E-state index contributed by atoms with van der Waals surface area (Å²) in [7, 11) is 0. The van der Waals surface area contributed by atoms with Gasteiger partial charge in [0.1, 0.15) is 6.07 Å². The third-order valence-electron chi connectivity index (χ3n) is 3.20. The van der Waals surface area contributed by atoms with Crippen LogP contribution in [0.4, 0.5) is 0 Å². The Labute approximate surface area is 113 Å². The number of hydrogen-bond acceptors (Lipinski definition) is 3. The van der Waals surface area contributed by atoms with Gasteiger partial charge in [0.25, 0.3) is 0 Å². The number of aromatic nitrogens is 2. The summed E-state index contributed by atoms with van der Waals surface area (Å²) in [6.45, 7) is 0.766. The normalized spacial score (nSPS) is 19.9. The zero-order valence-corrected chi connectivity index (χ0v) is 11.4. The summed E-state index contributed by atoms with van der Waals surface area (Å²) in [5, 5.41) is 14.4. The van der Waals surface area contributed by atoms with Crippen molar-refractivity contribution in [2.75, 3.05) is 6.61 Å². The Kier molecular flexibility index (Phi) is 3.06. The van der Waals surface area contributed by atoms with Gasteiger partial charge in [-0.25, -0.2) is 4.68 Å². The van der Waals surface area contributed by atoms with Crippen molar-refractivity contribution in [1.29, 1.82) is 5.26 Å². The fourth-order valence-corrected chi connectivity index (χ4v) is 2.68. The molecule has 0 spiro atoms. The van der Waals surface area contributed by atoms with Gasteiger partial charge in [-0.2, -0.15) is 10.4 Å². The van der Waals surface area contributed by atoms with E-state index in [1.54, 1.807) is 0 Å². The van der Waals surface area contributed by atoms with Gasteiger partial charge in [-0.05, 0) is 37.5 Å². The molecule has 1 atom stereocenters. The van der Waals surface area contributed by atoms with E-state index in [2.05, 4.69) is 27.1 Å². The Morgan fingerprint density at radius 3 is 3.06 bits per heavy atom. The van der Waals surface area contributed by atoms with Crippen LogP contribution >= 0.6 is 15.9 Å². The van der Waals surface area contributed by atoms with Crippen molar-refractivity contribution in [3.05, 3.63) is 28.4 Å². The molecule has 1 aromatic carbocycles. The maximum Gasteiger partial charge on any atom is 0.170 e. The fraction of sp³-hybridized carbons (Fsp3) is 0.385. The van der Waals surface area contributed by atoms with Gasteiger partial charge in [-0.15, -0.1) is 0 Å². The summed E-state index contributed by atoms with van der Waals surface area (Å²) in [5.74, 6) is 0. The van der Waals surface area contributed by atoms with E-state index in [9.17, 15) is 0 Å². The number of hydrogen-bond donors (Lipinski definition) is 0. The SMILES string of the molecule is N#Cc1nn(C2CCCCO2)c2cc(Br)ccc12. The van der Waals surface area contributed by atoms with E-state index in [4.69, 9.17) is 10.00 Å². The minimum atomic E-state index is -0.0438. The van der Waals surface area contributed by atoms with Crippen LogP contribution in [-0.4, -0.2) is 16.4 Å². The smallest absolute Gasteiger partial charge is 0.170 e. The zero-order chi connectivity index (χ0) is 12.5. The summed E-state index contributed by atoms with van der Waals surface area (Å²) in [6.07, 6.45) is 3.15. The minimum Gasteiger partial charge on any atom is -0.356 e. The highest BCUT2D eigenvalue weighted by Gasteiger charge is 2.20. The van der Waals surface area contributed by atoms with Gasteiger partial charge in [0.05, 0.1) is 5.52 Å². The second-order valence-corrected chi connectivity index (χ2v) is 5.30. The van der Waals surface area contributed by atoms with Crippen molar-refractivity contribution in [2.45, 2.75) is 25.5 Å². The lowest BCUT2D eigenvalue weighted by molar-refractivity contribution is -0.0367. The highest BCUT2D eigenvalue weighted by molar-refractivity contribution is 9.10. The molecule has 1 unspecified atom stereocenters. The van der Waals surface area contributed by atoms with E-state index in [0.29, 0.717) is 5.69 Å². The van der Waals surface area contributed by atoms with Crippen molar-refractivity contribution >= 4 is 26.8 Å². The molecule has 5 heteroatoms. The predicted molar refractivity (Wildman–Crippen MR) is 71.0 cm³/mol. The number of nitriles is 1. The monoisotopic (exact) mass is 305 g/mol. The summed E-state index contributed by atoms with van der Waals surface area (Å²) >= 11 is 3.46. The molecule has 18 heavy (non-hydrogen) atoms. The molecule has 3 rings (SSSR count). The number of ether oxygens (including phenoxy) is 1. The number of nitrogens with zero attached hydrogens (tertiary/aromatic N) is 3. The first-order chi connectivity index (χ1) is 8.79. The van der Waals surface area contributed by atoms with Crippen molar-refractivity contribution < 1.29 is 4.74 Å². The lowest BCUT2D eigenvalue weighted by Gasteiger charge is -2.23. The van der Waals surface area contributed by atoms with Gasteiger partial charge in [0, 0.05) is 16.5 Å². The van der Waals surface area contributed by atoms with Crippen LogP contribution in [0.2, 0.25) is 0 Å². The predicted octanol–water partition coefficient (Wildman–Crippen LogP) is 3.37. The van der Waals surface area contributed by atoms with Crippen molar-refractivity contribution in [3.63, 3.8) is 0 Å². The molecular weight excluding hydrogens is 294 g/mol. The number of rotatable bonds is 1. The van der Waals surface area contributed by atoms with Crippen LogP contribution in [0.1, 0.15) is 31.2 Å². The summed E-state index contributed by atoms with van der Waals surface area (Å²) in [6, 6.07) is 7.98. The van der Waals surface area contributed by atoms with Crippen LogP contribution < -0.4 is 0 Å². The first kappa shape index (κ1) is 11.7. The van der Waals surface area contributed by atoms with Crippen LogP contribution in [0.15, 0.2) is 22.7 Å². The molecule has 0 bridgehead atoms. The Balaban J connectivity index is 2.16. The summed E-state index contributed by atoms with van der Waals surface area (Å²) in [4.78, 5) is 0. The van der Waals surface area contributed by atoms with E-state index >= 15 is 0 Å². The summed E-state index contributed by atoms with van der Waals surface area (Å²) in [5.41, 5.74) is 1.42. The summed E-state index contributed by atoms with van der Waals surface area (Å²) < 4.78 is 8.57. The fourth-order valence-electron chi connectivity index (χ4n) is 2.33. The molecule has 0 N–H and O–H groups in total. The van der Waals surface area contributed by atoms with Gasteiger partial charge >= 0.3 is 0 Å². The number of benzene rings is 1. The molecule has 1 aliphatic heterocycles. The largest absolute Gasteiger partial charge is 0.356 e. The van der Waals surface area contributed by atoms with E-state index in [-0.39, 0.29) is 6.23 Å². The van der Waals surface area contributed by atoms with Gasteiger partial charge in [-0.3, -0.25) is 0 Å². The molecule has 2 aromatic rings. The zero-order valence-electron chi connectivity index (χ0n) is 9.77. The minimum absolute atomic E-state index is 0.0438. The van der Waals surface area contributed by atoms with Gasteiger partial charge in [0.15, 0.2) is 11.9 Å². The van der Waals surface area contributed by atoms with E-state index in [1.165, 1.54) is 0 Å². The van der Waals surface area contributed by atoms with Crippen molar-refractivity contribution in [1.82, 2.24) is 9.78 Å². The molecule has 2 heterocycles. The lowest BCUT2D eigenvalue weighted by atomic mass is 10.2. The highest BCUT2D eigenvalue weighted by atomic mass is 79.9. The topological polar surface area (TPSA) is 50.8 Å². The average Bonchev–Trinajstić information content (AvgIpc) is 2.77. The molecule has 0 radical (unpaired) electrons. The van der Waals surface area contributed by atoms with Gasteiger partial charge in [-0.1, -0.05) is 15.9 Å². The van der Waals surface area contributed by atoms with Crippen molar-refractivity contribution in [3.8, 4) is 6.07 Å². The van der Waals surface area contributed by atoms with Crippen LogP contribution in [-0.2, 0) is 4.74 Å². The molecule has 1 saturated heterocycles. The molecule has 1 fully saturated rings. The molecule has 1 aromatic heterocycles. The molecular formula is C13H12BrN3O. The van der Waals surface area contributed by atoms with Crippen LogP contribution in [0.25, 0.3) is 10.9 Å². The molecule has 92 valence electrons. The number of fused-ring (bicyclic) bond motifs is 1. The lowest BCUT2D eigenvalue weighted by Crippen LogP contribution is -2.19. The van der Waals surface area contributed by atoms with Crippen LogP contribution in [0.3, 0.4) is 0 Å². The molecule has 0 aliphatic carbocycles. The molecule has 0 amide bonds. The van der Waals surface area contributed by atoms with E-state index < -0.39 is 0 Å². The maximum atomic E-state index is 9.14. The Morgan fingerprint density at radius 1 is 1.44 bits per heavy atom.